The number of benzene rings is 2. The predicted octanol–water partition coefficient (Wildman–Crippen LogP) is 2.91. The summed E-state index contributed by atoms with van der Waals surface area (Å²) in [5.74, 6) is -0.273. The van der Waals surface area contributed by atoms with Crippen LogP contribution in [0, 0.1) is 0 Å². The summed E-state index contributed by atoms with van der Waals surface area (Å²) < 4.78 is 0. The van der Waals surface area contributed by atoms with Crippen LogP contribution in [0.3, 0.4) is 0 Å². The summed E-state index contributed by atoms with van der Waals surface area (Å²) in [4.78, 5) is 27.9. The highest BCUT2D eigenvalue weighted by atomic mass is 16.3. The maximum Gasteiger partial charge on any atom is 0.257 e. The van der Waals surface area contributed by atoms with Crippen molar-refractivity contribution in [2.75, 3.05) is 6.54 Å². The molecule has 1 aromatic heterocycles. The van der Waals surface area contributed by atoms with Crippen molar-refractivity contribution in [2.45, 2.75) is 32.1 Å². The van der Waals surface area contributed by atoms with Crippen molar-refractivity contribution in [3.8, 4) is 11.4 Å². The fourth-order valence-corrected chi connectivity index (χ4v) is 4.14. The Labute approximate surface area is 167 Å². The van der Waals surface area contributed by atoms with E-state index in [0.29, 0.717) is 41.7 Å². The molecule has 2 amide bonds. The topological polar surface area (TPSA) is 88.3 Å². The van der Waals surface area contributed by atoms with Crippen LogP contribution >= 0.6 is 0 Å². The van der Waals surface area contributed by atoms with Crippen LogP contribution in [0.1, 0.15) is 31.2 Å². The minimum absolute atomic E-state index is 0.0598. The molecule has 2 aromatic carbocycles. The first kappa shape index (κ1) is 17.6. The Morgan fingerprint density at radius 3 is 2.10 bits per heavy atom. The number of carbonyl (C=O) groups excluding carboxylic acids is 2. The van der Waals surface area contributed by atoms with Crippen molar-refractivity contribution in [3.63, 3.8) is 0 Å². The lowest BCUT2D eigenvalue weighted by Gasteiger charge is -2.16. The van der Waals surface area contributed by atoms with Gasteiger partial charge in [0.1, 0.15) is 22.5 Å². The summed E-state index contributed by atoms with van der Waals surface area (Å²) in [6.45, 7) is 0.246. The first-order chi connectivity index (χ1) is 14.1. The first-order valence-electron chi connectivity index (χ1n) is 9.85. The van der Waals surface area contributed by atoms with Gasteiger partial charge in [-0.05, 0) is 55.9 Å². The molecule has 0 saturated heterocycles. The van der Waals surface area contributed by atoms with E-state index in [2.05, 4.69) is 10.2 Å². The second kappa shape index (κ2) is 6.84. The largest absolute Gasteiger partial charge is 0.505 e. The van der Waals surface area contributed by atoms with E-state index in [4.69, 9.17) is 0 Å². The van der Waals surface area contributed by atoms with Crippen molar-refractivity contribution in [2.24, 2.45) is 0 Å². The minimum atomic E-state index is -0.166. The Morgan fingerprint density at radius 2 is 1.48 bits per heavy atom. The highest BCUT2D eigenvalue weighted by Gasteiger charge is 2.38. The lowest BCUT2D eigenvalue weighted by Crippen LogP contribution is -2.33. The number of rotatable bonds is 4. The minimum Gasteiger partial charge on any atom is -0.505 e. The Morgan fingerprint density at radius 1 is 0.862 bits per heavy atom. The molecule has 2 heterocycles. The van der Waals surface area contributed by atoms with Crippen LogP contribution in [0.4, 0.5) is 0 Å². The third-order valence-electron chi connectivity index (χ3n) is 5.68. The molecule has 1 aliphatic heterocycles. The average Bonchev–Trinajstić information content (AvgIpc) is 3.27. The highest BCUT2D eigenvalue weighted by Crippen LogP contribution is 2.33. The zero-order valence-electron chi connectivity index (χ0n) is 15.8. The first-order valence-corrected chi connectivity index (χ1v) is 9.85. The van der Waals surface area contributed by atoms with E-state index in [1.54, 1.807) is 12.1 Å². The van der Waals surface area contributed by atoms with Gasteiger partial charge in [-0.3, -0.25) is 14.5 Å². The summed E-state index contributed by atoms with van der Waals surface area (Å²) >= 11 is 0. The van der Waals surface area contributed by atoms with Crippen LogP contribution in [0.5, 0.6) is 5.75 Å². The fourth-order valence-electron chi connectivity index (χ4n) is 4.14. The number of hydrogen-bond acceptors (Lipinski definition) is 5. The van der Waals surface area contributed by atoms with Crippen molar-refractivity contribution >= 4 is 22.8 Å². The zero-order valence-corrected chi connectivity index (χ0v) is 15.8. The molecule has 0 radical (unpaired) electrons. The normalized spacial score (nSPS) is 16.8. The smallest absolute Gasteiger partial charge is 0.257 e. The molecular formula is C22H20N4O3. The van der Waals surface area contributed by atoms with E-state index in [1.165, 1.54) is 9.70 Å². The quantitative estimate of drug-likeness (QED) is 0.695. The maximum absolute atomic E-state index is 12.6. The Balaban J connectivity index is 1.38. The number of para-hydroxylation sites is 1. The second-order valence-corrected chi connectivity index (χ2v) is 7.44. The molecule has 1 aliphatic carbocycles. The Hall–Kier alpha value is -3.48. The molecule has 0 unspecified atom stereocenters. The van der Waals surface area contributed by atoms with Crippen LogP contribution in [0.15, 0.2) is 53.6 Å². The molecule has 29 heavy (non-hydrogen) atoms. The van der Waals surface area contributed by atoms with Gasteiger partial charge in [0.2, 0.25) is 0 Å². The Bertz CT molecular complexity index is 1120. The van der Waals surface area contributed by atoms with Gasteiger partial charge in [-0.15, -0.1) is 15.0 Å². The summed E-state index contributed by atoms with van der Waals surface area (Å²) in [6.07, 6.45) is 3.67. The van der Waals surface area contributed by atoms with Crippen LogP contribution in [-0.4, -0.2) is 43.4 Å². The van der Waals surface area contributed by atoms with Crippen molar-refractivity contribution < 1.29 is 14.7 Å². The van der Waals surface area contributed by atoms with E-state index in [9.17, 15) is 14.7 Å². The van der Waals surface area contributed by atoms with Crippen LogP contribution in [-0.2, 0) is 16.0 Å². The van der Waals surface area contributed by atoms with Gasteiger partial charge < -0.3 is 5.11 Å². The van der Waals surface area contributed by atoms with Crippen LogP contribution in [0.2, 0.25) is 0 Å². The number of nitrogens with zero attached hydrogens (tertiary/aromatic N) is 4. The van der Waals surface area contributed by atoms with Gasteiger partial charge in [0, 0.05) is 17.7 Å². The van der Waals surface area contributed by atoms with Gasteiger partial charge in [-0.25, -0.2) is 0 Å². The number of aromatic hydroxyl groups is 1. The van der Waals surface area contributed by atoms with Crippen molar-refractivity contribution in [1.29, 1.82) is 0 Å². The number of imide groups is 1. The zero-order chi connectivity index (χ0) is 20.0. The van der Waals surface area contributed by atoms with Crippen molar-refractivity contribution in [3.05, 3.63) is 59.2 Å². The third kappa shape index (κ3) is 2.90. The van der Waals surface area contributed by atoms with Crippen LogP contribution in [0.25, 0.3) is 16.7 Å². The highest BCUT2D eigenvalue weighted by molar-refractivity contribution is 6.19. The molecule has 3 aromatic rings. The summed E-state index contributed by atoms with van der Waals surface area (Å²) in [6, 6.07) is 12.8. The number of phenols is 1. The molecule has 5 rings (SSSR count). The van der Waals surface area contributed by atoms with E-state index in [-0.39, 0.29) is 24.1 Å². The van der Waals surface area contributed by atoms with E-state index >= 15 is 0 Å². The van der Waals surface area contributed by atoms with E-state index in [0.717, 1.165) is 23.9 Å². The van der Waals surface area contributed by atoms with Gasteiger partial charge in [-0.2, -0.15) is 0 Å². The monoisotopic (exact) mass is 388 g/mol. The molecule has 7 nitrogen and oxygen atoms in total. The SMILES string of the molecule is O=C1C2=C(CCCC2)C(=O)N1CCc1cccc(-n2nc3ccccc3n2)c1O. The molecule has 0 fully saturated rings. The maximum atomic E-state index is 12.6. The van der Waals surface area contributed by atoms with Gasteiger partial charge in [0.15, 0.2) is 0 Å². The summed E-state index contributed by atoms with van der Waals surface area (Å²) in [7, 11) is 0. The lowest BCUT2D eigenvalue weighted by molar-refractivity contribution is -0.137. The molecule has 7 heteroatoms. The van der Waals surface area contributed by atoms with Gasteiger partial charge in [0.25, 0.3) is 11.8 Å². The summed E-state index contributed by atoms with van der Waals surface area (Å²) in [5, 5.41) is 19.6. The molecule has 0 spiro atoms. The van der Waals surface area contributed by atoms with Gasteiger partial charge in [0.05, 0.1) is 0 Å². The number of amides is 2. The van der Waals surface area contributed by atoms with Gasteiger partial charge >= 0.3 is 0 Å². The molecule has 0 atom stereocenters. The standard InChI is InChI=1S/C22H20N4O3/c27-20-14(12-13-25-21(28)15-7-1-2-8-16(15)22(25)29)6-5-11-19(20)26-23-17-9-3-4-10-18(17)24-26/h3-6,9-11,27H,1-2,7-8,12-13H2. The number of hydrogen-bond donors (Lipinski definition) is 1. The Kier molecular flexibility index (Phi) is 4.16. The predicted molar refractivity (Wildman–Crippen MR) is 106 cm³/mol. The molecule has 1 N–H and O–H groups in total. The van der Waals surface area contributed by atoms with Gasteiger partial charge in [-0.1, -0.05) is 24.3 Å². The molecule has 0 bridgehead atoms. The van der Waals surface area contributed by atoms with E-state index in [1.807, 2.05) is 30.3 Å². The second-order valence-electron chi connectivity index (χ2n) is 7.44. The molecule has 2 aliphatic rings. The molecular weight excluding hydrogens is 368 g/mol. The summed E-state index contributed by atoms with van der Waals surface area (Å²) in [5.41, 5.74) is 3.97. The number of carbonyl (C=O) groups is 2. The fraction of sp³-hybridized carbons (Fsp3) is 0.273. The number of fused-ring (bicyclic) bond motifs is 1. The van der Waals surface area contributed by atoms with E-state index < -0.39 is 0 Å². The molecule has 0 saturated carbocycles. The number of phenolic OH excluding ortho intramolecular Hbond substituents is 1. The lowest BCUT2D eigenvalue weighted by atomic mass is 9.93. The van der Waals surface area contributed by atoms with Crippen LogP contribution < -0.4 is 0 Å². The number of aromatic nitrogens is 3. The van der Waals surface area contributed by atoms with Crippen molar-refractivity contribution in [1.82, 2.24) is 19.9 Å². The molecule has 146 valence electrons. The average molecular weight is 388 g/mol. The third-order valence-corrected chi connectivity index (χ3v) is 5.68.